The van der Waals surface area contributed by atoms with Crippen LogP contribution in [0.25, 0.3) is 0 Å². The lowest BCUT2D eigenvalue weighted by molar-refractivity contribution is -0.378. The summed E-state index contributed by atoms with van der Waals surface area (Å²) in [5, 5.41) is 5.13. The minimum Gasteiger partial charge on any atom is -0.456 e. The van der Waals surface area contributed by atoms with E-state index < -0.39 is 0 Å². The molecule has 1 fully saturated rings. The van der Waals surface area contributed by atoms with Gasteiger partial charge in [0.05, 0.1) is 5.56 Å². The van der Waals surface area contributed by atoms with E-state index in [9.17, 15) is 9.70 Å². The molecule has 2 N–H and O–H groups in total. The van der Waals surface area contributed by atoms with Crippen LogP contribution in [-0.2, 0) is 6.54 Å². The van der Waals surface area contributed by atoms with Crippen molar-refractivity contribution >= 4 is 17.2 Å². The first-order valence-corrected chi connectivity index (χ1v) is 14.0. The van der Waals surface area contributed by atoms with Crippen LogP contribution in [0.4, 0.5) is 11.4 Å². The predicted octanol–water partition coefficient (Wildman–Crippen LogP) is 8.15. The van der Waals surface area contributed by atoms with Crippen LogP contribution in [0, 0.1) is 23.2 Å². The zero-order valence-electron chi connectivity index (χ0n) is 23.9. The second kappa shape index (κ2) is 17.6. The number of hydrogen-bond acceptors (Lipinski definition) is 4. The van der Waals surface area contributed by atoms with E-state index in [1.807, 2.05) is 35.5 Å². The minimum atomic E-state index is 0.00587. The topological polar surface area (TPSA) is 69.4 Å². The predicted molar refractivity (Wildman–Crippen MR) is 161 cm³/mol. The molecular weight excluding hydrogens is 484 g/mol. The number of carbonyl (C=O) groups excluding carboxylic acids is 1. The third kappa shape index (κ3) is 11.2. The highest BCUT2D eigenvalue weighted by Crippen LogP contribution is 2.30. The number of nitroso groups, excluding NO2 is 1. The van der Waals surface area contributed by atoms with Gasteiger partial charge >= 0.3 is 0 Å². The van der Waals surface area contributed by atoms with Gasteiger partial charge in [-0.3, -0.25) is 4.79 Å². The fraction of sp³-hybridized carbons (Fsp3) is 0.382. The van der Waals surface area contributed by atoms with Crippen molar-refractivity contribution in [1.82, 2.24) is 0 Å². The first kappa shape index (κ1) is 31.3. The lowest BCUT2D eigenvalue weighted by Crippen LogP contribution is -2.56. The van der Waals surface area contributed by atoms with Gasteiger partial charge in [0.25, 0.3) is 5.69 Å². The van der Waals surface area contributed by atoms with Gasteiger partial charge in [-0.15, -0.1) is 6.42 Å². The molecule has 0 aromatic heterocycles. The molecule has 0 spiro atoms. The first-order valence-electron chi connectivity index (χ1n) is 14.0. The van der Waals surface area contributed by atoms with E-state index in [4.69, 9.17) is 11.2 Å². The van der Waals surface area contributed by atoms with Crippen LogP contribution in [-0.4, -0.2) is 5.78 Å². The van der Waals surface area contributed by atoms with Gasteiger partial charge in [-0.1, -0.05) is 102 Å². The Labute approximate surface area is 234 Å². The van der Waals surface area contributed by atoms with Gasteiger partial charge in [-0.25, -0.2) is 0 Å². The zero-order valence-corrected chi connectivity index (χ0v) is 23.9. The highest BCUT2D eigenvalue weighted by Gasteiger charge is 2.12. The summed E-state index contributed by atoms with van der Waals surface area (Å²) < 4.78 is 5.89. The van der Waals surface area contributed by atoms with Gasteiger partial charge in [-0.2, -0.15) is 0 Å². The van der Waals surface area contributed by atoms with Gasteiger partial charge in [0.15, 0.2) is 5.78 Å². The standard InChI is InChI=1S/C23H18N2O3.C7H14.C4H10/c1-3-18-8-4-5-10-23(18)28-20-11-12-21(25-27)22(14-20)24-15-17-7-6-9-19(13-17)16(2)26;1-7-5-3-2-4-6-7;1-3-4-2/h1,4-14,24H,15H2,2H3;7H,2-6H2,1H3;3-4H2,1-2H3/p+1. The van der Waals surface area contributed by atoms with Crippen molar-refractivity contribution < 1.29 is 14.7 Å². The largest absolute Gasteiger partial charge is 0.456 e. The highest BCUT2D eigenvalue weighted by molar-refractivity contribution is 5.94. The van der Waals surface area contributed by atoms with Gasteiger partial charge in [0.1, 0.15) is 17.2 Å². The van der Waals surface area contributed by atoms with Crippen LogP contribution < -0.4 is 15.2 Å². The molecule has 5 nitrogen and oxygen atoms in total. The molecule has 4 rings (SSSR count). The monoisotopic (exact) mass is 527 g/mol. The van der Waals surface area contributed by atoms with Crippen LogP contribution in [0.5, 0.6) is 11.5 Å². The molecule has 0 aliphatic heterocycles. The van der Waals surface area contributed by atoms with E-state index in [1.54, 1.807) is 36.4 Å². The summed E-state index contributed by atoms with van der Waals surface area (Å²) in [5.41, 5.74) is 3.18. The van der Waals surface area contributed by atoms with E-state index in [2.05, 4.69) is 32.0 Å². The normalized spacial score (nSPS) is 12.5. The third-order valence-electron chi connectivity index (χ3n) is 6.58. The molecule has 1 aliphatic carbocycles. The lowest BCUT2D eigenvalue weighted by atomic mass is 9.91. The molecule has 39 heavy (non-hydrogen) atoms. The Balaban J connectivity index is 0.000000404. The van der Waals surface area contributed by atoms with E-state index in [1.165, 1.54) is 51.9 Å². The number of carbonyl (C=O) groups is 1. The van der Waals surface area contributed by atoms with Gasteiger partial charge in [0, 0.05) is 34.3 Å². The molecular formula is C34H43N2O3+. The van der Waals surface area contributed by atoms with Crippen molar-refractivity contribution in [1.29, 1.82) is 0 Å². The number of ether oxygens (including phenoxy) is 1. The number of nitrogens with one attached hydrogen (secondary N) is 2. The molecule has 0 radical (unpaired) electrons. The quantitative estimate of drug-likeness (QED) is 0.229. The molecule has 5 heteroatoms. The Morgan fingerprint density at radius 2 is 1.72 bits per heavy atom. The Hall–Kier alpha value is -3.91. The molecule has 3 aromatic carbocycles. The summed E-state index contributed by atoms with van der Waals surface area (Å²) in [6.45, 7) is 8.69. The fourth-order valence-electron chi connectivity index (χ4n) is 4.03. The molecule has 0 saturated heterocycles. The number of benzene rings is 3. The van der Waals surface area contributed by atoms with Crippen LogP contribution >= 0.6 is 0 Å². The van der Waals surface area contributed by atoms with Gasteiger partial charge < -0.3 is 10.1 Å². The molecule has 0 heterocycles. The number of ketones is 1. The fourth-order valence-corrected chi connectivity index (χ4v) is 4.03. The second-order valence-electron chi connectivity index (χ2n) is 9.91. The number of para-hydroxylation sites is 1. The average Bonchev–Trinajstić information content (AvgIpc) is 2.97. The summed E-state index contributed by atoms with van der Waals surface area (Å²) in [7, 11) is 0. The summed E-state index contributed by atoms with van der Waals surface area (Å²) in [5.74, 6) is 4.73. The van der Waals surface area contributed by atoms with Crippen LogP contribution in [0.3, 0.4) is 0 Å². The summed E-state index contributed by atoms with van der Waals surface area (Å²) in [6.07, 6.45) is 15.6. The van der Waals surface area contributed by atoms with E-state index in [0.717, 1.165) is 11.5 Å². The first-order chi connectivity index (χ1) is 18.9. The lowest BCUT2D eigenvalue weighted by Gasteiger charge is -2.15. The number of anilines is 1. The van der Waals surface area contributed by atoms with Crippen molar-refractivity contribution in [3.8, 4) is 23.8 Å². The number of hydrogen-bond donors (Lipinski definition) is 2. The number of rotatable bonds is 8. The summed E-state index contributed by atoms with van der Waals surface area (Å²) >= 11 is 0. The van der Waals surface area contributed by atoms with E-state index in [0.29, 0.717) is 40.5 Å². The molecule has 0 atom stereocenters. The van der Waals surface area contributed by atoms with Crippen molar-refractivity contribution in [2.75, 3.05) is 5.32 Å². The molecule has 1 saturated carbocycles. The van der Waals surface area contributed by atoms with Gasteiger partial charge in [-0.05, 0) is 42.7 Å². The third-order valence-corrected chi connectivity index (χ3v) is 6.58. The van der Waals surface area contributed by atoms with Crippen LogP contribution in [0.15, 0.2) is 66.7 Å². The molecule has 0 bridgehead atoms. The average molecular weight is 528 g/mol. The Bertz CT molecular complexity index is 1220. The van der Waals surface area contributed by atoms with Crippen molar-refractivity contribution in [2.45, 2.75) is 79.2 Å². The second-order valence-corrected chi connectivity index (χ2v) is 9.91. The zero-order chi connectivity index (χ0) is 28.5. The highest BCUT2D eigenvalue weighted by atomic mass is 16.5. The minimum absolute atomic E-state index is 0.00587. The number of unbranched alkanes of at least 4 members (excludes halogenated alkanes) is 1. The smallest absolute Gasteiger partial charge is 0.276 e. The maximum atomic E-state index is 11.5. The maximum Gasteiger partial charge on any atom is 0.276 e. The van der Waals surface area contributed by atoms with Gasteiger partial charge in [0.2, 0.25) is 0 Å². The van der Waals surface area contributed by atoms with Crippen molar-refractivity contribution in [3.05, 3.63) is 88.3 Å². The Morgan fingerprint density at radius 1 is 1.00 bits per heavy atom. The Morgan fingerprint density at radius 3 is 2.31 bits per heavy atom. The summed E-state index contributed by atoms with van der Waals surface area (Å²) in [6, 6.07) is 19.6. The molecule has 3 aromatic rings. The van der Waals surface area contributed by atoms with Crippen molar-refractivity contribution in [3.63, 3.8) is 0 Å². The number of Topliss-reactive ketones (excluding diaryl/α,β-unsaturated/α-hetero) is 1. The summed E-state index contributed by atoms with van der Waals surface area (Å²) in [4.78, 5) is 22.8. The molecule has 0 amide bonds. The molecule has 206 valence electrons. The van der Waals surface area contributed by atoms with Crippen molar-refractivity contribution in [2.24, 2.45) is 5.92 Å². The van der Waals surface area contributed by atoms with E-state index >= 15 is 0 Å². The maximum absolute atomic E-state index is 11.5. The Kier molecular flexibility index (Phi) is 14.1. The van der Waals surface area contributed by atoms with E-state index in [-0.39, 0.29) is 5.78 Å². The SMILES string of the molecule is C#Cc1ccccc1Oc1ccc([NH+]=O)c(NCc2cccc(C(C)=O)c2)c1.CC1CCCCC1.CCCC. The molecule has 1 aliphatic rings. The van der Waals surface area contributed by atoms with Crippen LogP contribution in [0.1, 0.15) is 94.1 Å². The van der Waals surface area contributed by atoms with Crippen LogP contribution in [0.2, 0.25) is 0 Å². The molecule has 0 unspecified atom stereocenters. The number of terminal acetylenes is 1.